The summed E-state index contributed by atoms with van der Waals surface area (Å²) < 4.78 is 10.4. The molecule has 8 nitrogen and oxygen atoms in total. The molecule has 2 aliphatic heterocycles. The van der Waals surface area contributed by atoms with Crippen LogP contribution in [0.1, 0.15) is 44.9 Å². The zero-order chi connectivity index (χ0) is 20.2. The molecule has 1 unspecified atom stereocenters. The fourth-order valence-corrected chi connectivity index (χ4v) is 4.26. The van der Waals surface area contributed by atoms with Gasteiger partial charge in [0, 0.05) is 44.9 Å². The van der Waals surface area contributed by atoms with E-state index >= 15 is 0 Å². The van der Waals surface area contributed by atoms with E-state index in [4.69, 9.17) is 8.94 Å². The van der Waals surface area contributed by atoms with Crippen molar-refractivity contribution < 1.29 is 18.5 Å². The maximum Gasteiger partial charge on any atom is 0.238 e. The summed E-state index contributed by atoms with van der Waals surface area (Å²) in [4.78, 5) is 33.5. The normalized spacial score (nSPS) is 20.8. The van der Waals surface area contributed by atoms with Crippen LogP contribution in [0.4, 0.5) is 0 Å². The zero-order valence-corrected chi connectivity index (χ0v) is 16.9. The molecule has 2 aromatic heterocycles. The van der Waals surface area contributed by atoms with Gasteiger partial charge < -0.3 is 18.7 Å². The number of aromatic nitrogens is 2. The number of carbonyl (C=O) groups excluding carboxylic acids is 2. The first-order chi connectivity index (χ1) is 14.1. The minimum Gasteiger partial charge on any atom is -0.461 e. The standard InChI is InChI=1S/C21H28N4O4/c1-15-4-2-10-25(14-15)21(27)16-8-11-24(12-9-16)19(26)7-6-18-22-20(23-29-18)17-5-3-13-28-17/h3,5,13,15-16H,2,4,6-12,14H2,1H3. The van der Waals surface area contributed by atoms with Crippen molar-refractivity contribution in [3.8, 4) is 11.6 Å². The Balaban J connectivity index is 1.22. The van der Waals surface area contributed by atoms with Gasteiger partial charge >= 0.3 is 0 Å². The minimum absolute atomic E-state index is 0.0520. The van der Waals surface area contributed by atoms with Crippen molar-refractivity contribution in [1.82, 2.24) is 19.9 Å². The average molecular weight is 400 g/mol. The van der Waals surface area contributed by atoms with Crippen molar-refractivity contribution in [2.24, 2.45) is 11.8 Å². The number of carbonyl (C=O) groups is 2. The third-order valence-corrected chi connectivity index (χ3v) is 5.93. The first-order valence-corrected chi connectivity index (χ1v) is 10.5. The Kier molecular flexibility index (Phi) is 5.97. The number of rotatable bonds is 5. The van der Waals surface area contributed by atoms with Crippen LogP contribution < -0.4 is 0 Å². The number of likely N-dealkylation sites (tertiary alicyclic amines) is 2. The fourth-order valence-electron chi connectivity index (χ4n) is 4.26. The van der Waals surface area contributed by atoms with Crippen LogP contribution in [0.15, 0.2) is 27.3 Å². The Hall–Kier alpha value is -2.64. The molecule has 0 bridgehead atoms. The van der Waals surface area contributed by atoms with Crippen molar-refractivity contribution in [3.05, 3.63) is 24.3 Å². The van der Waals surface area contributed by atoms with Crippen LogP contribution in [0.2, 0.25) is 0 Å². The van der Waals surface area contributed by atoms with Gasteiger partial charge in [0.25, 0.3) is 0 Å². The van der Waals surface area contributed by atoms with E-state index in [1.807, 2.05) is 9.80 Å². The van der Waals surface area contributed by atoms with Gasteiger partial charge in [-0.2, -0.15) is 4.98 Å². The van der Waals surface area contributed by atoms with Crippen LogP contribution >= 0.6 is 0 Å². The van der Waals surface area contributed by atoms with Crippen LogP contribution in [0.5, 0.6) is 0 Å². The highest BCUT2D eigenvalue weighted by Gasteiger charge is 2.31. The minimum atomic E-state index is 0.0520. The van der Waals surface area contributed by atoms with Gasteiger partial charge in [-0.3, -0.25) is 9.59 Å². The topological polar surface area (TPSA) is 92.7 Å². The van der Waals surface area contributed by atoms with Gasteiger partial charge in [-0.15, -0.1) is 0 Å². The second-order valence-electron chi connectivity index (χ2n) is 8.18. The Morgan fingerprint density at radius 1 is 1.17 bits per heavy atom. The number of hydrogen-bond acceptors (Lipinski definition) is 6. The van der Waals surface area contributed by atoms with E-state index in [2.05, 4.69) is 17.1 Å². The summed E-state index contributed by atoms with van der Waals surface area (Å²) in [5.74, 6) is 2.35. The van der Waals surface area contributed by atoms with Crippen LogP contribution in [0.3, 0.4) is 0 Å². The maximum atomic E-state index is 12.8. The summed E-state index contributed by atoms with van der Waals surface area (Å²) in [6.07, 6.45) is 6.08. The lowest BCUT2D eigenvalue weighted by atomic mass is 9.92. The van der Waals surface area contributed by atoms with Gasteiger partial charge in [0.05, 0.1) is 6.26 Å². The molecule has 2 fully saturated rings. The van der Waals surface area contributed by atoms with E-state index in [0.29, 0.717) is 49.3 Å². The van der Waals surface area contributed by atoms with Crippen LogP contribution in [-0.4, -0.2) is 57.9 Å². The molecule has 4 heterocycles. The maximum absolute atomic E-state index is 12.8. The van der Waals surface area contributed by atoms with Gasteiger partial charge in [0.1, 0.15) is 0 Å². The van der Waals surface area contributed by atoms with Crippen molar-refractivity contribution in [1.29, 1.82) is 0 Å². The molecule has 0 spiro atoms. The van der Waals surface area contributed by atoms with E-state index in [-0.39, 0.29) is 17.7 Å². The third-order valence-electron chi connectivity index (χ3n) is 5.93. The van der Waals surface area contributed by atoms with Crippen LogP contribution in [0, 0.1) is 11.8 Å². The molecule has 29 heavy (non-hydrogen) atoms. The van der Waals surface area contributed by atoms with Gasteiger partial charge in [-0.1, -0.05) is 12.1 Å². The Morgan fingerprint density at radius 3 is 2.72 bits per heavy atom. The van der Waals surface area contributed by atoms with E-state index in [9.17, 15) is 9.59 Å². The molecule has 2 aliphatic rings. The van der Waals surface area contributed by atoms with Gasteiger partial charge in [-0.05, 0) is 43.7 Å². The summed E-state index contributed by atoms with van der Waals surface area (Å²) in [7, 11) is 0. The van der Waals surface area contributed by atoms with E-state index in [1.54, 1.807) is 18.4 Å². The Bertz CT molecular complexity index is 824. The van der Waals surface area contributed by atoms with Crippen LogP contribution in [0.25, 0.3) is 11.6 Å². The van der Waals surface area contributed by atoms with E-state index in [0.717, 1.165) is 32.4 Å². The lowest BCUT2D eigenvalue weighted by Crippen LogP contribution is -2.47. The van der Waals surface area contributed by atoms with Gasteiger partial charge in [-0.25, -0.2) is 0 Å². The van der Waals surface area contributed by atoms with Crippen molar-refractivity contribution in [2.45, 2.75) is 45.4 Å². The zero-order valence-electron chi connectivity index (χ0n) is 16.9. The lowest BCUT2D eigenvalue weighted by Gasteiger charge is -2.37. The molecule has 4 rings (SSSR count). The molecular formula is C21H28N4O4. The highest BCUT2D eigenvalue weighted by atomic mass is 16.5. The Morgan fingerprint density at radius 2 is 2.00 bits per heavy atom. The fraction of sp³-hybridized carbons (Fsp3) is 0.619. The summed E-state index contributed by atoms with van der Waals surface area (Å²) in [5.41, 5.74) is 0. The largest absolute Gasteiger partial charge is 0.461 e. The van der Waals surface area contributed by atoms with Gasteiger partial charge in [0.15, 0.2) is 5.76 Å². The van der Waals surface area contributed by atoms with Crippen molar-refractivity contribution >= 4 is 11.8 Å². The molecule has 0 aromatic carbocycles. The first-order valence-electron chi connectivity index (χ1n) is 10.5. The number of aryl methyl sites for hydroxylation is 1. The first kappa shape index (κ1) is 19.7. The summed E-state index contributed by atoms with van der Waals surface area (Å²) in [6, 6.07) is 3.52. The number of nitrogens with zero attached hydrogens (tertiary/aromatic N) is 4. The second-order valence-corrected chi connectivity index (χ2v) is 8.18. The summed E-state index contributed by atoms with van der Waals surface area (Å²) >= 11 is 0. The number of hydrogen-bond donors (Lipinski definition) is 0. The molecule has 2 amide bonds. The predicted octanol–water partition coefficient (Wildman–Crippen LogP) is 2.76. The van der Waals surface area contributed by atoms with Crippen molar-refractivity contribution in [3.63, 3.8) is 0 Å². The third kappa shape index (κ3) is 4.68. The lowest BCUT2D eigenvalue weighted by molar-refractivity contribution is -0.142. The summed E-state index contributed by atoms with van der Waals surface area (Å²) in [6.45, 7) is 5.25. The van der Waals surface area contributed by atoms with E-state index in [1.165, 1.54) is 6.42 Å². The smallest absolute Gasteiger partial charge is 0.238 e. The van der Waals surface area contributed by atoms with Crippen molar-refractivity contribution in [2.75, 3.05) is 26.2 Å². The quantitative estimate of drug-likeness (QED) is 0.766. The molecule has 2 aromatic rings. The van der Waals surface area contributed by atoms with Gasteiger partial charge in [0.2, 0.25) is 23.5 Å². The average Bonchev–Trinajstić information content (AvgIpc) is 3.43. The number of furan rings is 1. The van der Waals surface area contributed by atoms with Crippen LogP contribution in [-0.2, 0) is 16.0 Å². The highest BCUT2D eigenvalue weighted by molar-refractivity contribution is 5.80. The molecule has 8 heteroatoms. The molecule has 2 saturated heterocycles. The van der Waals surface area contributed by atoms with E-state index < -0.39 is 0 Å². The Labute approximate surface area is 170 Å². The predicted molar refractivity (Wildman–Crippen MR) is 105 cm³/mol. The molecule has 0 saturated carbocycles. The molecule has 156 valence electrons. The highest BCUT2D eigenvalue weighted by Crippen LogP contribution is 2.24. The monoisotopic (exact) mass is 400 g/mol. The molecule has 0 aliphatic carbocycles. The number of amides is 2. The molecule has 0 radical (unpaired) electrons. The number of piperidine rings is 2. The summed E-state index contributed by atoms with van der Waals surface area (Å²) in [5, 5.41) is 3.88. The molecule has 1 atom stereocenters. The molecule has 0 N–H and O–H groups in total. The SMILES string of the molecule is CC1CCCN(C(=O)C2CCN(C(=O)CCc3nc(-c4ccco4)no3)CC2)C1. The molecular weight excluding hydrogens is 372 g/mol. The second kappa shape index (κ2) is 8.80.